The number of ether oxygens (including phenoxy) is 1. The Hall–Kier alpha value is -2.53. The van der Waals surface area contributed by atoms with E-state index in [-0.39, 0.29) is 5.91 Å². The largest absolute Gasteiger partial charge is 0.489 e. The maximum atomic E-state index is 12.0. The Morgan fingerprint density at radius 1 is 0.929 bits per heavy atom. The highest BCUT2D eigenvalue weighted by Crippen LogP contribution is 2.22. The van der Waals surface area contributed by atoms with Gasteiger partial charge in [0.15, 0.2) is 0 Å². The van der Waals surface area contributed by atoms with Crippen LogP contribution in [0.15, 0.2) is 71.8 Å². The fraction of sp³-hybridized carbons (Fsp3) is 0.0476. The molecule has 1 N–H and O–H groups in total. The number of halogens is 3. The molecule has 0 unspecified atom stereocenters. The van der Waals surface area contributed by atoms with Gasteiger partial charge in [0.25, 0.3) is 5.91 Å². The lowest BCUT2D eigenvalue weighted by atomic mass is 10.2. The van der Waals surface area contributed by atoms with Crippen LogP contribution in [0.1, 0.15) is 21.5 Å². The summed E-state index contributed by atoms with van der Waals surface area (Å²) in [6.45, 7) is 0.449. The molecule has 3 aromatic rings. The third-order valence-corrected chi connectivity index (χ3v) is 4.75. The van der Waals surface area contributed by atoms with E-state index in [9.17, 15) is 4.79 Å². The first-order valence-corrected chi connectivity index (χ1v) is 9.40. The molecule has 0 aromatic heterocycles. The molecule has 0 aliphatic heterocycles. The van der Waals surface area contributed by atoms with Crippen LogP contribution in [0.2, 0.25) is 15.1 Å². The van der Waals surface area contributed by atoms with Crippen molar-refractivity contribution in [2.45, 2.75) is 6.61 Å². The zero-order valence-electron chi connectivity index (χ0n) is 14.5. The van der Waals surface area contributed by atoms with Gasteiger partial charge in [0, 0.05) is 10.6 Å². The van der Waals surface area contributed by atoms with E-state index in [2.05, 4.69) is 10.5 Å². The summed E-state index contributed by atoms with van der Waals surface area (Å²) in [5, 5.41) is 5.34. The molecule has 28 heavy (non-hydrogen) atoms. The Morgan fingerprint density at radius 3 is 2.32 bits per heavy atom. The number of nitrogens with one attached hydrogen (secondary N) is 1. The number of carbonyl (C=O) groups excluding carboxylic acids is 1. The molecule has 0 heterocycles. The molecule has 0 saturated carbocycles. The number of amides is 1. The van der Waals surface area contributed by atoms with Gasteiger partial charge in [-0.1, -0.05) is 46.9 Å². The van der Waals surface area contributed by atoms with Crippen LogP contribution in [-0.4, -0.2) is 12.1 Å². The van der Waals surface area contributed by atoms with Gasteiger partial charge in [0.2, 0.25) is 0 Å². The van der Waals surface area contributed by atoms with Gasteiger partial charge in [-0.2, -0.15) is 5.10 Å². The van der Waals surface area contributed by atoms with E-state index < -0.39 is 0 Å². The second-order valence-corrected chi connectivity index (χ2v) is 7.06. The smallest absolute Gasteiger partial charge is 0.271 e. The molecule has 0 aliphatic rings. The molecule has 0 saturated heterocycles. The first kappa shape index (κ1) is 20.2. The normalized spacial score (nSPS) is 10.8. The predicted molar refractivity (Wildman–Crippen MR) is 114 cm³/mol. The minimum atomic E-state index is -0.377. The van der Waals surface area contributed by atoms with Crippen LogP contribution in [0.3, 0.4) is 0 Å². The van der Waals surface area contributed by atoms with Crippen LogP contribution in [0.5, 0.6) is 5.75 Å². The standard InChI is InChI=1S/C21H15Cl3N2O2/c22-17-6-1-15(2-7-17)13-28-18-8-3-14(4-9-18)12-25-26-21(27)16-5-10-19(23)20(24)11-16/h1-12H,13H2,(H,26,27)/b25-12+. The van der Waals surface area contributed by atoms with Crippen LogP contribution in [0.25, 0.3) is 0 Å². The van der Waals surface area contributed by atoms with Crippen molar-refractivity contribution in [2.75, 3.05) is 0 Å². The summed E-state index contributed by atoms with van der Waals surface area (Å²) in [6.07, 6.45) is 1.54. The molecule has 0 aliphatic carbocycles. The fourth-order valence-corrected chi connectivity index (χ4v) is 2.69. The number of nitrogens with zero attached hydrogens (tertiary/aromatic N) is 1. The highest BCUT2D eigenvalue weighted by Gasteiger charge is 2.06. The van der Waals surface area contributed by atoms with Gasteiger partial charge in [-0.05, 0) is 65.7 Å². The molecule has 0 spiro atoms. The van der Waals surface area contributed by atoms with Crippen molar-refractivity contribution in [3.05, 3.63) is 98.5 Å². The maximum absolute atomic E-state index is 12.0. The molecular formula is C21H15Cl3N2O2. The van der Waals surface area contributed by atoms with Gasteiger partial charge in [0.05, 0.1) is 16.3 Å². The van der Waals surface area contributed by atoms with E-state index in [1.807, 2.05) is 48.5 Å². The lowest BCUT2D eigenvalue weighted by molar-refractivity contribution is 0.0955. The summed E-state index contributed by atoms with van der Waals surface area (Å²) in [5.74, 6) is 0.352. The quantitative estimate of drug-likeness (QED) is 0.383. The third-order valence-electron chi connectivity index (χ3n) is 3.76. The zero-order valence-corrected chi connectivity index (χ0v) is 16.8. The van der Waals surface area contributed by atoms with Crippen molar-refractivity contribution < 1.29 is 9.53 Å². The first-order chi connectivity index (χ1) is 13.5. The van der Waals surface area contributed by atoms with Crippen molar-refractivity contribution >= 4 is 46.9 Å². The SMILES string of the molecule is O=C(N/N=C/c1ccc(OCc2ccc(Cl)cc2)cc1)c1ccc(Cl)c(Cl)c1. The number of carbonyl (C=O) groups is 1. The first-order valence-electron chi connectivity index (χ1n) is 8.27. The second kappa shape index (κ2) is 9.60. The van der Waals surface area contributed by atoms with Crippen LogP contribution in [0.4, 0.5) is 0 Å². The van der Waals surface area contributed by atoms with Gasteiger partial charge in [-0.15, -0.1) is 0 Å². The topological polar surface area (TPSA) is 50.7 Å². The molecule has 142 valence electrons. The Kier molecular flexibility index (Phi) is 6.93. The molecule has 0 bridgehead atoms. The van der Waals surface area contributed by atoms with Crippen molar-refractivity contribution in [1.82, 2.24) is 5.43 Å². The van der Waals surface area contributed by atoms with E-state index in [4.69, 9.17) is 39.5 Å². The minimum absolute atomic E-state index is 0.312. The minimum Gasteiger partial charge on any atom is -0.489 e. The summed E-state index contributed by atoms with van der Waals surface area (Å²) in [5.41, 5.74) is 4.66. The molecule has 0 radical (unpaired) electrons. The third kappa shape index (κ3) is 5.73. The summed E-state index contributed by atoms with van der Waals surface area (Å²) in [4.78, 5) is 12.0. The van der Waals surface area contributed by atoms with Crippen molar-refractivity contribution in [3.8, 4) is 5.75 Å². The van der Waals surface area contributed by atoms with E-state index >= 15 is 0 Å². The average Bonchev–Trinajstić information content (AvgIpc) is 2.70. The Morgan fingerprint density at radius 2 is 1.64 bits per heavy atom. The predicted octanol–water partition coefficient (Wildman–Crippen LogP) is 5.99. The maximum Gasteiger partial charge on any atom is 0.271 e. The van der Waals surface area contributed by atoms with Gasteiger partial charge in [0.1, 0.15) is 12.4 Å². The van der Waals surface area contributed by atoms with Crippen LogP contribution in [0, 0.1) is 0 Å². The number of hydrogen-bond acceptors (Lipinski definition) is 3. The van der Waals surface area contributed by atoms with Gasteiger partial charge in [-0.25, -0.2) is 5.43 Å². The van der Waals surface area contributed by atoms with E-state index in [0.717, 1.165) is 16.9 Å². The van der Waals surface area contributed by atoms with Gasteiger partial charge >= 0.3 is 0 Å². The highest BCUT2D eigenvalue weighted by molar-refractivity contribution is 6.42. The summed E-state index contributed by atoms with van der Waals surface area (Å²) in [6, 6.07) is 19.4. The second-order valence-electron chi connectivity index (χ2n) is 5.81. The molecule has 0 fully saturated rings. The summed E-state index contributed by atoms with van der Waals surface area (Å²) in [7, 11) is 0. The van der Waals surface area contributed by atoms with E-state index in [1.165, 1.54) is 6.07 Å². The van der Waals surface area contributed by atoms with Crippen LogP contribution >= 0.6 is 34.8 Å². The lowest BCUT2D eigenvalue weighted by Crippen LogP contribution is -2.17. The van der Waals surface area contributed by atoms with E-state index in [1.54, 1.807) is 18.3 Å². The Labute approximate surface area is 177 Å². The lowest BCUT2D eigenvalue weighted by Gasteiger charge is -2.06. The zero-order chi connectivity index (χ0) is 19.9. The van der Waals surface area contributed by atoms with Crippen molar-refractivity contribution in [1.29, 1.82) is 0 Å². The Balaban J connectivity index is 1.52. The summed E-state index contributed by atoms with van der Waals surface area (Å²) >= 11 is 17.6. The molecule has 3 aromatic carbocycles. The Bertz CT molecular complexity index is 988. The molecule has 7 heteroatoms. The average molecular weight is 434 g/mol. The van der Waals surface area contributed by atoms with E-state index in [0.29, 0.717) is 27.2 Å². The number of hydrogen-bond donors (Lipinski definition) is 1. The molecular weight excluding hydrogens is 419 g/mol. The number of hydrazone groups is 1. The van der Waals surface area contributed by atoms with Gasteiger partial charge < -0.3 is 4.74 Å². The molecule has 1 amide bonds. The van der Waals surface area contributed by atoms with Crippen molar-refractivity contribution in [3.63, 3.8) is 0 Å². The van der Waals surface area contributed by atoms with Crippen molar-refractivity contribution in [2.24, 2.45) is 5.10 Å². The molecule has 4 nitrogen and oxygen atoms in total. The highest BCUT2D eigenvalue weighted by atomic mass is 35.5. The van der Waals surface area contributed by atoms with Crippen LogP contribution in [-0.2, 0) is 6.61 Å². The van der Waals surface area contributed by atoms with Crippen LogP contribution < -0.4 is 10.2 Å². The number of benzene rings is 3. The molecule has 0 atom stereocenters. The number of rotatable bonds is 6. The fourth-order valence-electron chi connectivity index (χ4n) is 2.26. The summed E-state index contributed by atoms with van der Waals surface area (Å²) < 4.78 is 5.73. The molecule has 3 rings (SSSR count). The van der Waals surface area contributed by atoms with Gasteiger partial charge in [-0.3, -0.25) is 4.79 Å². The monoisotopic (exact) mass is 432 g/mol.